The van der Waals surface area contributed by atoms with Gasteiger partial charge in [-0.1, -0.05) is 20.3 Å². The van der Waals surface area contributed by atoms with Crippen molar-refractivity contribution in [1.82, 2.24) is 4.90 Å². The third kappa shape index (κ3) is 2.89. The zero-order valence-electron chi connectivity index (χ0n) is 11.4. The van der Waals surface area contributed by atoms with Crippen molar-refractivity contribution in [3.8, 4) is 0 Å². The quantitative estimate of drug-likeness (QED) is 0.739. The van der Waals surface area contributed by atoms with Gasteiger partial charge in [0.15, 0.2) is 0 Å². The van der Waals surface area contributed by atoms with Gasteiger partial charge >= 0.3 is 0 Å². The Kier molecular flexibility index (Phi) is 3.88. The van der Waals surface area contributed by atoms with Gasteiger partial charge < -0.3 is 4.74 Å². The molecule has 0 radical (unpaired) electrons. The summed E-state index contributed by atoms with van der Waals surface area (Å²) in [5, 5.41) is 0. The third-order valence-electron chi connectivity index (χ3n) is 4.35. The van der Waals surface area contributed by atoms with E-state index in [0.717, 1.165) is 39.1 Å². The molecule has 2 atom stereocenters. The molecule has 2 unspecified atom stereocenters. The van der Waals surface area contributed by atoms with E-state index in [1.54, 1.807) is 0 Å². The first-order chi connectivity index (χ1) is 8.00. The smallest absolute Gasteiger partial charge is 0.142 e. The molecule has 17 heavy (non-hydrogen) atoms. The molecule has 1 saturated carbocycles. The molecular weight excluding hydrogens is 214 g/mol. The van der Waals surface area contributed by atoms with Crippen LogP contribution in [-0.2, 0) is 9.53 Å². The van der Waals surface area contributed by atoms with Crippen LogP contribution < -0.4 is 0 Å². The van der Waals surface area contributed by atoms with Gasteiger partial charge in [-0.15, -0.1) is 0 Å². The van der Waals surface area contributed by atoms with Gasteiger partial charge in [-0.2, -0.15) is 0 Å². The first-order valence-electron chi connectivity index (χ1n) is 6.87. The molecule has 0 aromatic heterocycles. The summed E-state index contributed by atoms with van der Waals surface area (Å²) in [6.45, 7) is 9.93. The molecule has 0 amide bonds. The highest BCUT2D eigenvalue weighted by Gasteiger charge is 2.38. The van der Waals surface area contributed by atoms with Crippen LogP contribution in [0.4, 0.5) is 0 Å². The van der Waals surface area contributed by atoms with Gasteiger partial charge in [0.05, 0.1) is 13.2 Å². The lowest BCUT2D eigenvalue weighted by molar-refractivity contribution is -0.136. The van der Waals surface area contributed by atoms with Crippen molar-refractivity contribution in [3.05, 3.63) is 0 Å². The number of ether oxygens (including phenoxy) is 1. The Labute approximate surface area is 105 Å². The number of hydrogen-bond donors (Lipinski definition) is 0. The van der Waals surface area contributed by atoms with E-state index in [1.807, 2.05) is 0 Å². The minimum absolute atomic E-state index is 0.0988. The minimum Gasteiger partial charge on any atom is -0.379 e. The van der Waals surface area contributed by atoms with Crippen LogP contribution >= 0.6 is 0 Å². The predicted molar refractivity (Wildman–Crippen MR) is 68.0 cm³/mol. The van der Waals surface area contributed by atoms with Crippen molar-refractivity contribution in [3.63, 3.8) is 0 Å². The summed E-state index contributed by atoms with van der Waals surface area (Å²) in [7, 11) is 0. The van der Waals surface area contributed by atoms with Crippen LogP contribution in [0.1, 0.15) is 40.0 Å². The van der Waals surface area contributed by atoms with Crippen LogP contribution in [0.15, 0.2) is 0 Å². The maximum atomic E-state index is 12.4. The second-order valence-corrected chi connectivity index (χ2v) is 6.26. The lowest BCUT2D eigenvalue weighted by Crippen LogP contribution is -2.49. The largest absolute Gasteiger partial charge is 0.379 e. The van der Waals surface area contributed by atoms with Crippen molar-refractivity contribution in [2.75, 3.05) is 26.3 Å². The van der Waals surface area contributed by atoms with Crippen molar-refractivity contribution >= 4 is 5.78 Å². The van der Waals surface area contributed by atoms with Gasteiger partial charge in [-0.25, -0.2) is 0 Å². The molecule has 1 saturated heterocycles. The zero-order chi connectivity index (χ0) is 12.5. The molecule has 0 spiro atoms. The number of hydrogen-bond acceptors (Lipinski definition) is 3. The summed E-state index contributed by atoms with van der Waals surface area (Å²) in [5.41, 5.74) is -0.0988. The molecule has 1 aliphatic heterocycles. The van der Waals surface area contributed by atoms with Crippen molar-refractivity contribution < 1.29 is 9.53 Å². The van der Waals surface area contributed by atoms with Gasteiger partial charge in [-0.3, -0.25) is 9.69 Å². The second kappa shape index (κ2) is 5.07. The normalized spacial score (nSPS) is 34.9. The van der Waals surface area contributed by atoms with Gasteiger partial charge in [0.25, 0.3) is 0 Å². The number of rotatable bonds is 2. The highest BCUT2D eigenvalue weighted by atomic mass is 16.5. The Morgan fingerprint density at radius 2 is 2.24 bits per heavy atom. The first kappa shape index (κ1) is 13.0. The third-order valence-corrected chi connectivity index (χ3v) is 4.35. The molecule has 0 aromatic rings. The number of Topliss-reactive ketones (excluding diaryl/α,β-unsaturated/α-hetero) is 1. The molecule has 0 N–H and O–H groups in total. The van der Waals surface area contributed by atoms with E-state index in [2.05, 4.69) is 25.7 Å². The monoisotopic (exact) mass is 239 g/mol. The molecule has 3 heteroatoms. The Hall–Kier alpha value is -0.410. The van der Waals surface area contributed by atoms with Crippen LogP contribution in [0, 0.1) is 11.3 Å². The molecule has 2 fully saturated rings. The summed E-state index contributed by atoms with van der Waals surface area (Å²) in [4.78, 5) is 14.8. The molecule has 2 rings (SSSR count). The summed E-state index contributed by atoms with van der Waals surface area (Å²) >= 11 is 0. The number of ketones is 1. The van der Waals surface area contributed by atoms with Crippen LogP contribution in [0.25, 0.3) is 0 Å². The van der Waals surface area contributed by atoms with Gasteiger partial charge in [-0.05, 0) is 19.8 Å². The Balaban J connectivity index is 1.95. The van der Waals surface area contributed by atoms with Crippen molar-refractivity contribution in [2.45, 2.75) is 46.1 Å². The van der Waals surface area contributed by atoms with E-state index < -0.39 is 0 Å². The molecular formula is C14H25NO2. The Bertz CT molecular complexity index is 288. The van der Waals surface area contributed by atoms with E-state index in [-0.39, 0.29) is 11.3 Å². The number of carbonyl (C=O) groups excluding carboxylic acids is 1. The highest BCUT2D eigenvalue weighted by Crippen LogP contribution is 2.35. The molecule has 3 nitrogen and oxygen atoms in total. The molecule has 0 bridgehead atoms. The fourth-order valence-electron chi connectivity index (χ4n) is 3.09. The number of carbonyl (C=O) groups is 1. The molecule has 2 aliphatic rings. The van der Waals surface area contributed by atoms with E-state index in [0.29, 0.717) is 11.8 Å². The standard InChI is InChI=1S/C14H25NO2/c1-11-10-17-8-7-15(11)9-12-5-4-6-14(2,3)13(12)16/h11-12H,4-10H2,1-3H3. The fraction of sp³-hybridized carbons (Fsp3) is 0.929. The van der Waals surface area contributed by atoms with Gasteiger partial charge in [0.1, 0.15) is 5.78 Å². The predicted octanol–water partition coefficient (Wildman–Crippen LogP) is 2.10. The maximum absolute atomic E-state index is 12.4. The van der Waals surface area contributed by atoms with Gasteiger partial charge in [0, 0.05) is 30.5 Å². The maximum Gasteiger partial charge on any atom is 0.142 e. The molecule has 0 aromatic carbocycles. The van der Waals surface area contributed by atoms with Crippen molar-refractivity contribution in [1.29, 1.82) is 0 Å². The van der Waals surface area contributed by atoms with Crippen LogP contribution in [0.5, 0.6) is 0 Å². The summed E-state index contributed by atoms with van der Waals surface area (Å²) in [6, 6.07) is 0.460. The van der Waals surface area contributed by atoms with Crippen LogP contribution in [0.3, 0.4) is 0 Å². The van der Waals surface area contributed by atoms with Crippen LogP contribution in [-0.4, -0.2) is 43.0 Å². The van der Waals surface area contributed by atoms with Crippen LogP contribution in [0.2, 0.25) is 0 Å². The average Bonchev–Trinajstić information content (AvgIpc) is 2.28. The summed E-state index contributed by atoms with van der Waals surface area (Å²) in [5.74, 6) is 0.724. The Morgan fingerprint density at radius 3 is 2.94 bits per heavy atom. The average molecular weight is 239 g/mol. The van der Waals surface area contributed by atoms with E-state index in [4.69, 9.17) is 4.74 Å². The summed E-state index contributed by atoms with van der Waals surface area (Å²) < 4.78 is 5.44. The second-order valence-electron chi connectivity index (χ2n) is 6.26. The lowest BCUT2D eigenvalue weighted by Gasteiger charge is -2.39. The molecule has 1 heterocycles. The zero-order valence-corrected chi connectivity index (χ0v) is 11.4. The summed E-state index contributed by atoms with van der Waals surface area (Å²) in [6.07, 6.45) is 3.33. The fourth-order valence-corrected chi connectivity index (χ4v) is 3.09. The van der Waals surface area contributed by atoms with Crippen molar-refractivity contribution in [2.24, 2.45) is 11.3 Å². The van der Waals surface area contributed by atoms with E-state index >= 15 is 0 Å². The van der Waals surface area contributed by atoms with E-state index in [1.165, 1.54) is 6.42 Å². The minimum atomic E-state index is -0.0988. The number of nitrogens with zero attached hydrogens (tertiary/aromatic N) is 1. The highest BCUT2D eigenvalue weighted by molar-refractivity contribution is 5.87. The molecule has 98 valence electrons. The lowest BCUT2D eigenvalue weighted by atomic mass is 9.71. The molecule has 1 aliphatic carbocycles. The van der Waals surface area contributed by atoms with Gasteiger partial charge in [0.2, 0.25) is 0 Å². The number of morpholine rings is 1. The SMILES string of the molecule is CC1COCCN1CC1CCCC(C)(C)C1=O. The Morgan fingerprint density at radius 1 is 1.47 bits per heavy atom. The van der Waals surface area contributed by atoms with E-state index in [9.17, 15) is 4.79 Å². The topological polar surface area (TPSA) is 29.5 Å². The first-order valence-corrected chi connectivity index (χ1v) is 6.87.